The maximum atomic E-state index is 11.9. The van der Waals surface area contributed by atoms with E-state index in [1.165, 1.54) is 9.58 Å². The summed E-state index contributed by atoms with van der Waals surface area (Å²) in [6.07, 6.45) is 3.21. The number of hydrogen-bond donors (Lipinski definition) is 1. The highest BCUT2D eigenvalue weighted by Crippen LogP contribution is 2.06. The lowest BCUT2D eigenvalue weighted by molar-refractivity contribution is -0.149. The third-order valence-corrected chi connectivity index (χ3v) is 2.60. The molecule has 1 N–H and O–H groups in total. The Hall–Kier alpha value is -2.18. The van der Waals surface area contributed by atoms with Crippen molar-refractivity contribution >= 4 is 17.7 Å². The molecular formula is C10H12N4O3. The SMILES string of the molecule is CC1C(=O)NC(=O)CN1C(=O)Cn1cccn1. The number of amides is 3. The van der Waals surface area contributed by atoms with Crippen molar-refractivity contribution in [1.82, 2.24) is 20.0 Å². The van der Waals surface area contributed by atoms with Gasteiger partial charge < -0.3 is 4.90 Å². The Morgan fingerprint density at radius 3 is 3.00 bits per heavy atom. The molecule has 17 heavy (non-hydrogen) atoms. The molecule has 0 saturated carbocycles. The van der Waals surface area contributed by atoms with Crippen molar-refractivity contribution in [3.8, 4) is 0 Å². The van der Waals surface area contributed by atoms with Gasteiger partial charge >= 0.3 is 0 Å². The Bertz CT molecular complexity index is 454. The number of nitrogens with zero attached hydrogens (tertiary/aromatic N) is 3. The van der Waals surface area contributed by atoms with Crippen molar-refractivity contribution in [2.75, 3.05) is 6.54 Å². The van der Waals surface area contributed by atoms with Gasteiger partial charge in [-0.15, -0.1) is 0 Å². The van der Waals surface area contributed by atoms with Crippen LogP contribution >= 0.6 is 0 Å². The zero-order chi connectivity index (χ0) is 12.4. The van der Waals surface area contributed by atoms with Crippen molar-refractivity contribution in [3.63, 3.8) is 0 Å². The highest BCUT2D eigenvalue weighted by atomic mass is 16.2. The Balaban J connectivity index is 2.07. The third-order valence-electron chi connectivity index (χ3n) is 2.60. The molecule has 0 aliphatic carbocycles. The van der Waals surface area contributed by atoms with Crippen LogP contribution in [0.3, 0.4) is 0 Å². The summed E-state index contributed by atoms with van der Waals surface area (Å²) in [5.41, 5.74) is 0. The molecule has 1 unspecified atom stereocenters. The van der Waals surface area contributed by atoms with Gasteiger partial charge in [0.05, 0.1) is 0 Å². The minimum absolute atomic E-state index is 0.0257. The number of imide groups is 1. The molecule has 1 atom stereocenters. The Morgan fingerprint density at radius 1 is 1.59 bits per heavy atom. The fraction of sp³-hybridized carbons (Fsp3) is 0.400. The normalized spacial score (nSPS) is 20.3. The summed E-state index contributed by atoms with van der Waals surface area (Å²) in [4.78, 5) is 35.7. The predicted molar refractivity (Wildman–Crippen MR) is 56.6 cm³/mol. The number of hydrogen-bond acceptors (Lipinski definition) is 4. The Morgan fingerprint density at radius 2 is 2.35 bits per heavy atom. The number of rotatable bonds is 2. The summed E-state index contributed by atoms with van der Waals surface area (Å²) >= 11 is 0. The van der Waals surface area contributed by atoms with E-state index in [1.807, 2.05) is 0 Å². The molecular weight excluding hydrogens is 224 g/mol. The van der Waals surface area contributed by atoms with Gasteiger partial charge in [-0.05, 0) is 13.0 Å². The lowest BCUT2D eigenvalue weighted by Crippen LogP contribution is -2.59. The second kappa shape index (κ2) is 4.36. The van der Waals surface area contributed by atoms with Crippen LogP contribution in [0.5, 0.6) is 0 Å². The molecule has 0 spiro atoms. The molecule has 0 aromatic carbocycles. The largest absolute Gasteiger partial charge is 0.320 e. The number of carbonyl (C=O) groups excluding carboxylic acids is 3. The number of carbonyl (C=O) groups is 3. The number of piperazine rings is 1. The van der Waals surface area contributed by atoms with Gasteiger partial charge in [0.15, 0.2) is 0 Å². The molecule has 0 bridgehead atoms. The molecule has 2 rings (SSSR count). The smallest absolute Gasteiger partial charge is 0.249 e. The van der Waals surface area contributed by atoms with Gasteiger partial charge in [-0.1, -0.05) is 0 Å². The molecule has 1 saturated heterocycles. The van der Waals surface area contributed by atoms with E-state index in [1.54, 1.807) is 25.4 Å². The minimum Gasteiger partial charge on any atom is -0.320 e. The van der Waals surface area contributed by atoms with Crippen LogP contribution in [0.4, 0.5) is 0 Å². The maximum Gasteiger partial charge on any atom is 0.249 e. The lowest BCUT2D eigenvalue weighted by Gasteiger charge is -2.31. The second-order valence-electron chi connectivity index (χ2n) is 3.81. The van der Waals surface area contributed by atoms with Gasteiger partial charge in [0.25, 0.3) is 0 Å². The standard InChI is InChI=1S/C10H12N4O3/c1-7-10(17)12-8(15)5-14(7)9(16)6-13-4-2-3-11-13/h2-4,7H,5-6H2,1H3,(H,12,15,17). The Labute approximate surface area is 97.4 Å². The molecule has 1 aliphatic heterocycles. The molecule has 1 aromatic heterocycles. The summed E-state index contributed by atoms with van der Waals surface area (Å²) < 4.78 is 1.45. The first-order valence-electron chi connectivity index (χ1n) is 5.18. The van der Waals surface area contributed by atoms with E-state index in [9.17, 15) is 14.4 Å². The van der Waals surface area contributed by atoms with E-state index in [-0.39, 0.29) is 19.0 Å². The topological polar surface area (TPSA) is 84.3 Å². The van der Waals surface area contributed by atoms with Crippen LogP contribution in [0.25, 0.3) is 0 Å². The second-order valence-corrected chi connectivity index (χ2v) is 3.81. The molecule has 3 amide bonds. The van der Waals surface area contributed by atoms with Crippen LogP contribution < -0.4 is 5.32 Å². The van der Waals surface area contributed by atoms with Crippen LogP contribution in [-0.2, 0) is 20.9 Å². The van der Waals surface area contributed by atoms with Crippen molar-refractivity contribution < 1.29 is 14.4 Å². The van der Waals surface area contributed by atoms with E-state index in [4.69, 9.17) is 0 Å². The molecule has 1 aliphatic rings. The van der Waals surface area contributed by atoms with Gasteiger partial charge in [0.1, 0.15) is 19.1 Å². The van der Waals surface area contributed by atoms with E-state index in [0.29, 0.717) is 0 Å². The molecule has 2 heterocycles. The molecule has 7 heteroatoms. The highest BCUT2D eigenvalue weighted by molar-refractivity contribution is 6.04. The maximum absolute atomic E-state index is 11.9. The predicted octanol–water partition coefficient (Wildman–Crippen LogP) is -1.24. The zero-order valence-electron chi connectivity index (χ0n) is 9.29. The van der Waals surface area contributed by atoms with E-state index >= 15 is 0 Å². The molecule has 0 radical (unpaired) electrons. The fourth-order valence-electron chi connectivity index (χ4n) is 1.64. The van der Waals surface area contributed by atoms with E-state index in [2.05, 4.69) is 10.4 Å². The minimum atomic E-state index is -0.629. The molecule has 1 aromatic rings. The first kappa shape index (κ1) is 11.3. The van der Waals surface area contributed by atoms with Crippen molar-refractivity contribution in [3.05, 3.63) is 18.5 Å². The van der Waals surface area contributed by atoms with Gasteiger partial charge in [-0.2, -0.15) is 5.10 Å². The molecule has 90 valence electrons. The summed E-state index contributed by atoms with van der Waals surface area (Å²) in [6.45, 7) is 1.52. The first-order valence-corrected chi connectivity index (χ1v) is 5.18. The summed E-state index contributed by atoms with van der Waals surface area (Å²) in [5, 5.41) is 6.08. The van der Waals surface area contributed by atoms with Gasteiger partial charge in [0, 0.05) is 12.4 Å². The van der Waals surface area contributed by atoms with Crippen molar-refractivity contribution in [1.29, 1.82) is 0 Å². The summed E-state index contributed by atoms with van der Waals surface area (Å²) in [6, 6.07) is 1.07. The van der Waals surface area contributed by atoms with Crippen LogP contribution in [0.2, 0.25) is 0 Å². The average molecular weight is 236 g/mol. The fourth-order valence-corrected chi connectivity index (χ4v) is 1.64. The van der Waals surface area contributed by atoms with Gasteiger partial charge in [0.2, 0.25) is 17.7 Å². The first-order chi connectivity index (χ1) is 8.08. The lowest BCUT2D eigenvalue weighted by atomic mass is 10.2. The van der Waals surface area contributed by atoms with E-state index in [0.717, 1.165) is 0 Å². The molecule has 1 fully saturated rings. The van der Waals surface area contributed by atoms with Crippen LogP contribution in [0, 0.1) is 0 Å². The summed E-state index contributed by atoms with van der Waals surface area (Å²) in [7, 11) is 0. The van der Waals surface area contributed by atoms with Gasteiger partial charge in [-0.3, -0.25) is 24.4 Å². The highest BCUT2D eigenvalue weighted by Gasteiger charge is 2.33. The van der Waals surface area contributed by atoms with Crippen LogP contribution in [-0.4, -0.2) is 45.0 Å². The monoisotopic (exact) mass is 236 g/mol. The third kappa shape index (κ3) is 2.32. The van der Waals surface area contributed by atoms with Crippen molar-refractivity contribution in [2.45, 2.75) is 19.5 Å². The zero-order valence-corrected chi connectivity index (χ0v) is 9.29. The number of nitrogens with one attached hydrogen (secondary N) is 1. The number of aromatic nitrogens is 2. The average Bonchev–Trinajstić information content (AvgIpc) is 2.76. The van der Waals surface area contributed by atoms with E-state index < -0.39 is 17.9 Å². The Kier molecular flexibility index (Phi) is 2.90. The molecule has 7 nitrogen and oxygen atoms in total. The van der Waals surface area contributed by atoms with Gasteiger partial charge in [-0.25, -0.2) is 0 Å². The van der Waals surface area contributed by atoms with Crippen LogP contribution in [0.15, 0.2) is 18.5 Å². The quantitative estimate of drug-likeness (QED) is 0.651. The summed E-state index contributed by atoms with van der Waals surface area (Å²) in [5.74, 6) is -1.21. The van der Waals surface area contributed by atoms with Crippen molar-refractivity contribution in [2.24, 2.45) is 0 Å². The van der Waals surface area contributed by atoms with Crippen LogP contribution in [0.1, 0.15) is 6.92 Å².